The fraction of sp³-hybridized carbons (Fsp3) is 0.333. The first-order valence-electron chi connectivity index (χ1n) is 9.12. The quantitative estimate of drug-likeness (QED) is 0.749. The summed E-state index contributed by atoms with van der Waals surface area (Å²) in [5.74, 6) is 2.16. The number of nitrogens with zero attached hydrogens (tertiary/aromatic N) is 1. The van der Waals surface area contributed by atoms with Crippen molar-refractivity contribution in [3.05, 3.63) is 53.4 Å². The molecule has 0 bridgehead atoms. The molecule has 1 aliphatic heterocycles. The van der Waals surface area contributed by atoms with Crippen LogP contribution in [-0.2, 0) is 0 Å². The van der Waals surface area contributed by atoms with Crippen LogP contribution in [0.1, 0.15) is 54.5 Å². The molecule has 1 N–H and O–H groups in total. The summed E-state index contributed by atoms with van der Waals surface area (Å²) in [5, 5.41) is 3.02. The van der Waals surface area contributed by atoms with E-state index < -0.39 is 0 Å². The van der Waals surface area contributed by atoms with Crippen LogP contribution in [0.5, 0.6) is 11.5 Å². The summed E-state index contributed by atoms with van der Waals surface area (Å²) in [6, 6.07) is 10.9. The first-order chi connectivity index (χ1) is 13.0. The zero-order valence-electron chi connectivity index (χ0n) is 15.6. The average Bonchev–Trinajstić information content (AvgIpc) is 3.11. The summed E-state index contributed by atoms with van der Waals surface area (Å²) in [6.45, 7) is 7.07. The summed E-state index contributed by atoms with van der Waals surface area (Å²) in [5.41, 5.74) is 2.88. The molecular weight excluding hydrogens is 344 g/mol. The molecule has 1 atom stereocenters. The smallest absolute Gasteiger partial charge is 0.251 e. The van der Waals surface area contributed by atoms with Gasteiger partial charge in [0.1, 0.15) is 18.7 Å². The third-order valence-electron chi connectivity index (χ3n) is 4.57. The first-order valence-corrected chi connectivity index (χ1v) is 9.12. The highest BCUT2D eigenvalue weighted by Crippen LogP contribution is 2.32. The molecule has 0 saturated carbocycles. The van der Waals surface area contributed by atoms with Crippen molar-refractivity contribution in [1.29, 1.82) is 0 Å². The van der Waals surface area contributed by atoms with E-state index in [1.54, 1.807) is 12.1 Å². The molecule has 1 aliphatic rings. The third-order valence-corrected chi connectivity index (χ3v) is 4.57. The van der Waals surface area contributed by atoms with Gasteiger partial charge in [-0.15, -0.1) is 0 Å². The van der Waals surface area contributed by atoms with Crippen LogP contribution in [0.3, 0.4) is 0 Å². The standard InChI is InChI=1S/C21H22N2O4/c1-12(2)21-23-16-6-4-15(11-18(16)27-21)20(24)22-13(3)14-5-7-17-19(10-14)26-9-8-25-17/h4-7,10-13H,8-9H2,1-3H3,(H,22,24)/t13-/m0/s1. The van der Waals surface area contributed by atoms with Gasteiger partial charge in [0.25, 0.3) is 5.91 Å². The molecule has 2 heterocycles. The molecule has 0 saturated heterocycles. The van der Waals surface area contributed by atoms with Crippen molar-refractivity contribution in [1.82, 2.24) is 10.3 Å². The lowest BCUT2D eigenvalue weighted by molar-refractivity contribution is 0.0939. The van der Waals surface area contributed by atoms with Gasteiger partial charge in [-0.05, 0) is 42.8 Å². The number of hydrogen-bond donors (Lipinski definition) is 1. The molecule has 1 aromatic heterocycles. The summed E-state index contributed by atoms with van der Waals surface area (Å²) in [6.07, 6.45) is 0. The fourth-order valence-electron chi connectivity index (χ4n) is 3.02. The molecule has 4 rings (SSSR count). The number of carbonyl (C=O) groups is 1. The zero-order valence-corrected chi connectivity index (χ0v) is 15.6. The number of hydrogen-bond acceptors (Lipinski definition) is 5. The number of nitrogens with one attached hydrogen (secondary N) is 1. The van der Waals surface area contributed by atoms with E-state index in [-0.39, 0.29) is 17.9 Å². The second-order valence-electron chi connectivity index (χ2n) is 6.99. The molecule has 0 unspecified atom stereocenters. The Morgan fingerprint density at radius 2 is 1.81 bits per heavy atom. The number of fused-ring (bicyclic) bond motifs is 2. The van der Waals surface area contributed by atoms with Gasteiger partial charge in [0.15, 0.2) is 23.0 Å². The Morgan fingerprint density at radius 3 is 2.59 bits per heavy atom. The van der Waals surface area contributed by atoms with Crippen LogP contribution >= 0.6 is 0 Å². The van der Waals surface area contributed by atoms with E-state index in [2.05, 4.69) is 10.3 Å². The molecular formula is C21H22N2O4. The number of oxazole rings is 1. The van der Waals surface area contributed by atoms with Crippen molar-refractivity contribution in [3.63, 3.8) is 0 Å². The maximum atomic E-state index is 12.7. The summed E-state index contributed by atoms with van der Waals surface area (Å²) >= 11 is 0. The monoisotopic (exact) mass is 366 g/mol. The van der Waals surface area contributed by atoms with Gasteiger partial charge in [-0.3, -0.25) is 4.79 Å². The summed E-state index contributed by atoms with van der Waals surface area (Å²) in [4.78, 5) is 17.1. The summed E-state index contributed by atoms with van der Waals surface area (Å²) < 4.78 is 16.9. The Balaban J connectivity index is 1.52. The van der Waals surface area contributed by atoms with Crippen molar-refractivity contribution in [2.45, 2.75) is 32.7 Å². The molecule has 6 nitrogen and oxygen atoms in total. The van der Waals surface area contributed by atoms with Crippen LogP contribution in [0.2, 0.25) is 0 Å². The first kappa shape index (κ1) is 17.4. The van der Waals surface area contributed by atoms with Gasteiger partial charge in [0.2, 0.25) is 0 Å². The lowest BCUT2D eigenvalue weighted by Crippen LogP contribution is -2.26. The lowest BCUT2D eigenvalue weighted by atomic mass is 10.1. The van der Waals surface area contributed by atoms with Gasteiger partial charge in [-0.25, -0.2) is 4.98 Å². The minimum absolute atomic E-state index is 0.165. The number of aromatic nitrogens is 1. The molecule has 3 aromatic rings. The van der Waals surface area contributed by atoms with Crippen LogP contribution < -0.4 is 14.8 Å². The van der Waals surface area contributed by atoms with Crippen LogP contribution in [0.4, 0.5) is 0 Å². The summed E-state index contributed by atoms with van der Waals surface area (Å²) in [7, 11) is 0. The second-order valence-corrected chi connectivity index (χ2v) is 6.99. The molecule has 27 heavy (non-hydrogen) atoms. The van der Waals surface area contributed by atoms with E-state index in [4.69, 9.17) is 13.9 Å². The van der Waals surface area contributed by atoms with Gasteiger partial charge in [-0.2, -0.15) is 0 Å². The van der Waals surface area contributed by atoms with Gasteiger partial charge in [-0.1, -0.05) is 19.9 Å². The molecule has 0 spiro atoms. The second kappa shape index (κ2) is 6.95. The van der Waals surface area contributed by atoms with E-state index in [0.29, 0.717) is 36.0 Å². The van der Waals surface area contributed by atoms with Crippen LogP contribution in [-0.4, -0.2) is 24.1 Å². The normalized spacial score (nSPS) is 14.4. The Kier molecular flexibility index (Phi) is 4.48. The van der Waals surface area contributed by atoms with E-state index in [1.807, 2.05) is 45.0 Å². The minimum Gasteiger partial charge on any atom is -0.486 e. The van der Waals surface area contributed by atoms with E-state index in [1.165, 1.54) is 0 Å². The maximum Gasteiger partial charge on any atom is 0.251 e. The topological polar surface area (TPSA) is 73.6 Å². The molecule has 1 amide bonds. The average molecular weight is 366 g/mol. The lowest BCUT2D eigenvalue weighted by Gasteiger charge is -2.21. The SMILES string of the molecule is CC(C)c1nc2ccc(C(=O)N[C@@H](C)c3ccc4c(c3)OCCO4)cc2o1. The third kappa shape index (κ3) is 3.47. The predicted molar refractivity (Wildman–Crippen MR) is 101 cm³/mol. The number of benzene rings is 2. The number of amides is 1. The number of carbonyl (C=O) groups excluding carboxylic acids is 1. The van der Waals surface area contributed by atoms with Gasteiger partial charge < -0.3 is 19.2 Å². The molecule has 0 aliphatic carbocycles. The van der Waals surface area contributed by atoms with Gasteiger partial charge >= 0.3 is 0 Å². The molecule has 0 radical (unpaired) electrons. The highest BCUT2D eigenvalue weighted by atomic mass is 16.6. The van der Waals surface area contributed by atoms with E-state index >= 15 is 0 Å². The minimum atomic E-state index is -0.176. The highest BCUT2D eigenvalue weighted by molar-refractivity contribution is 5.97. The molecule has 2 aromatic carbocycles. The number of ether oxygens (including phenoxy) is 2. The van der Waals surface area contributed by atoms with E-state index in [9.17, 15) is 4.79 Å². The fourth-order valence-corrected chi connectivity index (χ4v) is 3.02. The van der Waals surface area contributed by atoms with Gasteiger partial charge in [0.05, 0.1) is 6.04 Å². The predicted octanol–water partition coefficient (Wildman–Crippen LogP) is 4.21. The molecule has 0 fully saturated rings. The van der Waals surface area contributed by atoms with Crippen LogP contribution in [0, 0.1) is 0 Å². The van der Waals surface area contributed by atoms with Gasteiger partial charge in [0, 0.05) is 11.5 Å². The van der Waals surface area contributed by atoms with Crippen molar-refractivity contribution in [2.24, 2.45) is 0 Å². The Hall–Kier alpha value is -3.02. The van der Waals surface area contributed by atoms with Crippen LogP contribution in [0.25, 0.3) is 11.1 Å². The Bertz CT molecular complexity index is 993. The van der Waals surface area contributed by atoms with E-state index in [0.717, 1.165) is 16.8 Å². The maximum absolute atomic E-state index is 12.7. The Morgan fingerprint density at radius 1 is 1.04 bits per heavy atom. The van der Waals surface area contributed by atoms with Crippen LogP contribution in [0.15, 0.2) is 40.8 Å². The van der Waals surface area contributed by atoms with Crippen molar-refractivity contribution < 1.29 is 18.7 Å². The number of rotatable bonds is 4. The largest absolute Gasteiger partial charge is 0.486 e. The van der Waals surface area contributed by atoms with Crippen molar-refractivity contribution in [3.8, 4) is 11.5 Å². The zero-order chi connectivity index (χ0) is 19.0. The van der Waals surface area contributed by atoms with Crippen molar-refractivity contribution >= 4 is 17.0 Å². The van der Waals surface area contributed by atoms with Crippen molar-refractivity contribution in [2.75, 3.05) is 13.2 Å². The highest BCUT2D eigenvalue weighted by Gasteiger charge is 2.17. The molecule has 6 heteroatoms. The Labute approximate surface area is 157 Å². The molecule has 140 valence electrons.